The molecule has 0 fully saturated rings. The quantitative estimate of drug-likeness (QED) is 0.807. The molecule has 21 heavy (non-hydrogen) atoms. The highest BCUT2D eigenvalue weighted by Gasteiger charge is 2.23. The van der Waals surface area contributed by atoms with E-state index in [1.54, 1.807) is 7.05 Å². The first kappa shape index (κ1) is 15.5. The Kier molecular flexibility index (Phi) is 4.60. The molecule has 0 saturated carbocycles. The molecular formula is C11H12F2N4O3S. The number of aromatic nitrogens is 2. The normalized spacial score (nSPS) is 11.8. The molecule has 0 aliphatic rings. The Morgan fingerprint density at radius 1 is 1.29 bits per heavy atom. The van der Waals surface area contributed by atoms with Gasteiger partial charge in [-0.1, -0.05) is 5.16 Å². The van der Waals surface area contributed by atoms with Gasteiger partial charge in [-0.15, -0.1) is 0 Å². The predicted octanol–water partition coefficient (Wildman–Crippen LogP) is 0.546. The molecular weight excluding hydrogens is 306 g/mol. The number of hydrogen-bond acceptors (Lipinski definition) is 6. The minimum absolute atomic E-state index is 0.0748. The molecule has 114 valence electrons. The molecule has 0 spiro atoms. The van der Waals surface area contributed by atoms with Crippen molar-refractivity contribution in [1.29, 1.82) is 0 Å². The summed E-state index contributed by atoms with van der Waals surface area (Å²) in [7, 11) is -2.64. The maximum absolute atomic E-state index is 13.7. The van der Waals surface area contributed by atoms with E-state index < -0.39 is 26.6 Å². The van der Waals surface area contributed by atoms with Crippen molar-refractivity contribution >= 4 is 10.0 Å². The lowest BCUT2D eigenvalue weighted by molar-refractivity contribution is 0.409. The van der Waals surface area contributed by atoms with Crippen molar-refractivity contribution in [3.05, 3.63) is 41.5 Å². The van der Waals surface area contributed by atoms with Crippen molar-refractivity contribution in [3.63, 3.8) is 0 Å². The largest absolute Gasteiger partial charge is 0.343 e. The number of benzene rings is 1. The molecule has 2 aromatic rings. The molecule has 0 amide bonds. The van der Waals surface area contributed by atoms with Crippen LogP contribution in [0.1, 0.15) is 11.4 Å². The molecule has 0 aliphatic carbocycles. The smallest absolute Gasteiger partial charge is 0.244 e. The molecule has 1 aromatic heterocycles. The molecule has 7 nitrogen and oxygen atoms in total. The average Bonchev–Trinajstić information content (AvgIpc) is 2.94. The van der Waals surface area contributed by atoms with Gasteiger partial charge in [0, 0.05) is 6.54 Å². The molecule has 0 saturated heterocycles. The van der Waals surface area contributed by atoms with Crippen LogP contribution in [-0.4, -0.2) is 25.6 Å². The fourth-order valence-corrected chi connectivity index (χ4v) is 2.74. The Bertz CT molecular complexity index is 719. The van der Waals surface area contributed by atoms with E-state index in [0.29, 0.717) is 5.56 Å². The highest BCUT2D eigenvalue weighted by molar-refractivity contribution is 7.89. The van der Waals surface area contributed by atoms with Crippen LogP contribution in [0.3, 0.4) is 0 Å². The number of halogens is 2. The van der Waals surface area contributed by atoms with Gasteiger partial charge < -0.3 is 9.84 Å². The van der Waals surface area contributed by atoms with E-state index in [1.165, 1.54) is 0 Å². The molecule has 0 radical (unpaired) electrons. The number of nitrogens with one attached hydrogen (secondary N) is 2. The van der Waals surface area contributed by atoms with Crippen LogP contribution >= 0.6 is 0 Å². The Morgan fingerprint density at radius 3 is 2.67 bits per heavy atom. The van der Waals surface area contributed by atoms with E-state index in [1.807, 2.05) is 0 Å². The van der Waals surface area contributed by atoms with Crippen molar-refractivity contribution in [2.24, 2.45) is 0 Å². The first-order valence-electron chi connectivity index (χ1n) is 5.81. The topological polar surface area (TPSA) is 97.1 Å². The summed E-state index contributed by atoms with van der Waals surface area (Å²) in [6.07, 6.45) is 1.03. The molecule has 0 atom stereocenters. The minimum atomic E-state index is -4.24. The molecule has 0 aliphatic heterocycles. The van der Waals surface area contributed by atoms with E-state index in [4.69, 9.17) is 0 Å². The van der Waals surface area contributed by atoms with Crippen LogP contribution in [0, 0.1) is 11.6 Å². The molecule has 1 heterocycles. The molecule has 10 heteroatoms. The monoisotopic (exact) mass is 318 g/mol. The molecule has 0 bridgehead atoms. The van der Waals surface area contributed by atoms with Gasteiger partial charge in [0.1, 0.15) is 4.90 Å². The summed E-state index contributed by atoms with van der Waals surface area (Å²) >= 11 is 0. The minimum Gasteiger partial charge on any atom is -0.343 e. The van der Waals surface area contributed by atoms with E-state index in [0.717, 1.165) is 18.5 Å². The van der Waals surface area contributed by atoms with Gasteiger partial charge in [0.2, 0.25) is 16.4 Å². The average molecular weight is 318 g/mol. The van der Waals surface area contributed by atoms with E-state index in [2.05, 4.69) is 24.7 Å². The Balaban J connectivity index is 2.30. The zero-order chi connectivity index (χ0) is 15.5. The number of nitrogens with zero attached hydrogens (tertiary/aromatic N) is 2. The maximum atomic E-state index is 13.7. The highest BCUT2D eigenvalue weighted by Crippen LogP contribution is 2.20. The summed E-state index contributed by atoms with van der Waals surface area (Å²) in [5.41, 5.74) is 0.302. The van der Waals surface area contributed by atoms with Gasteiger partial charge in [-0.05, 0) is 24.7 Å². The summed E-state index contributed by atoms with van der Waals surface area (Å²) in [4.78, 5) is 2.85. The molecule has 2 rings (SSSR count). The Labute approximate surface area is 119 Å². The lowest BCUT2D eigenvalue weighted by Crippen LogP contribution is -2.25. The van der Waals surface area contributed by atoms with Crippen LogP contribution in [0.15, 0.2) is 27.9 Å². The van der Waals surface area contributed by atoms with Gasteiger partial charge in [-0.3, -0.25) is 0 Å². The van der Waals surface area contributed by atoms with Gasteiger partial charge in [-0.2, -0.15) is 4.98 Å². The van der Waals surface area contributed by atoms with Crippen LogP contribution < -0.4 is 10.0 Å². The second kappa shape index (κ2) is 6.24. The van der Waals surface area contributed by atoms with Crippen molar-refractivity contribution < 1.29 is 21.7 Å². The van der Waals surface area contributed by atoms with E-state index in [-0.39, 0.29) is 18.9 Å². The van der Waals surface area contributed by atoms with E-state index >= 15 is 0 Å². The second-order valence-corrected chi connectivity index (χ2v) is 5.83. The fraction of sp³-hybridized carbons (Fsp3) is 0.273. The fourth-order valence-electron chi connectivity index (χ4n) is 1.63. The highest BCUT2D eigenvalue weighted by atomic mass is 32.2. The summed E-state index contributed by atoms with van der Waals surface area (Å²) in [6, 6.07) is 2.00. The standard InChI is InChI=1S/C11H12F2N4O3S/c1-14-4-7-2-8(12)11(13)9(3-7)21(18,19)16-5-10-15-6-20-17-10/h2-3,6,14,16H,4-5H2,1H3. The third kappa shape index (κ3) is 3.60. The number of sulfonamides is 1. The maximum Gasteiger partial charge on any atom is 0.244 e. The zero-order valence-electron chi connectivity index (χ0n) is 10.9. The van der Waals surface area contributed by atoms with Crippen molar-refractivity contribution in [3.8, 4) is 0 Å². The van der Waals surface area contributed by atoms with Crippen LogP contribution in [0.5, 0.6) is 0 Å². The van der Waals surface area contributed by atoms with Gasteiger partial charge in [0.25, 0.3) is 0 Å². The molecule has 1 aromatic carbocycles. The number of rotatable bonds is 6. The Hall–Kier alpha value is -1.91. The van der Waals surface area contributed by atoms with Crippen molar-refractivity contribution in [2.75, 3.05) is 7.05 Å². The summed E-state index contributed by atoms with van der Waals surface area (Å²) in [6.45, 7) is -0.0965. The summed E-state index contributed by atoms with van der Waals surface area (Å²) in [5, 5.41) is 6.14. The SMILES string of the molecule is CNCc1cc(F)c(F)c(S(=O)(=O)NCc2ncon2)c1. The van der Waals surface area contributed by atoms with Crippen molar-refractivity contribution in [1.82, 2.24) is 20.2 Å². The zero-order valence-corrected chi connectivity index (χ0v) is 11.7. The number of hydrogen-bond donors (Lipinski definition) is 2. The summed E-state index contributed by atoms with van der Waals surface area (Å²) in [5.74, 6) is -2.59. The third-order valence-electron chi connectivity index (χ3n) is 2.55. The van der Waals surface area contributed by atoms with Crippen LogP contribution in [-0.2, 0) is 23.1 Å². The first-order chi connectivity index (χ1) is 9.94. The van der Waals surface area contributed by atoms with Gasteiger partial charge in [0.15, 0.2) is 17.5 Å². The lowest BCUT2D eigenvalue weighted by atomic mass is 10.2. The molecule has 0 unspecified atom stereocenters. The third-order valence-corrected chi connectivity index (χ3v) is 3.95. The van der Waals surface area contributed by atoms with Crippen LogP contribution in [0.25, 0.3) is 0 Å². The van der Waals surface area contributed by atoms with Crippen LogP contribution in [0.2, 0.25) is 0 Å². The van der Waals surface area contributed by atoms with Gasteiger partial charge in [0.05, 0.1) is 6.54 Å². The van der Waals surface area contributed by atoms with E-state index in [9.17, 15) is 17.2 Å². The molecule has 2 N–H and O–H groups in total. The first-order valence-corrected chi connectivity index (χ1v) is 7.30. The summed E-state index contributed by atoms with van der Waals surface area (Å²) < 4.78 is 57.8. The Morgan fingerprint density at radius 2 is 2.05 bits per heavy atom. The van der Waals surface area contributed by atoms with Gasteiger partial charge >= 0.3 is 0 Å². The van der Waals surface area contributed by atoms with Gasteiger partial charge in [-0.25, -0.2) is 21.9 Å². The predicted molar refractivity (Wildman–Crippen MR) is 67.4 cm³/mol. The van der Waals surface area contributed by atoms with Crippen LogP contribution in [0.4, 0.5) is 8.78 Å². The second-order valence-electron chi connectivity index (χ2n) is 4.09. The lowest BCUT2D eigenvalue weighted by Gasteiger charge is -2.09. The van der Waals surface area contributed by atoms with Crippen molar-refractivity contribution in [2.45, 2.75) is 18.0 Å².